The van der Waals surface area contributed by atoms with Crippen LogP contribution in [0, 0.1) is 0 Å². The number of nitrogens with zero attached hydrogens (tertiary/aromatic N) is 2. The molecule has 1 aromatic heterocycles. The van der Waals surface area contributed by atoms with E-state index in [1.807, 2.05) is 6.07 Å². The summed E-state index contributed by atoms with van der Waals surface area (Å²) in [6, 6.07) is 5.37. The van der Waals surface area contributed by atoms with E-state index >= 15 is 0 Å². The molecule has 0 aliphatic rings. The summed E-state index contributed by atoms with van der Waals surface area (Å²) in [6.07, 6.45) is 0. The van der Waals surface area contributed by atoms with Gasteiger partial charge in [-0.2, -0.15) is 0 Å². The minimum absolute atomic E-state index is 0.0459. The molecule has 0 fully saturated rings. The topological polar surface area (TPSA) is 74.5 Å². The number of hydrogen-bond acceptors (Lipinski definition) is 7. The molecule has 0 saturated carbocycles. The molecule has 0 atom stereocenters. The molecule has 0 bridgehead atoms. The Morgan fingerprint density at radius 3 is 2.45 bits per heavy atom. The van der Waals surface area contributed by atoms with Crippen LogP contribution in [0.3, 0.4) is 0 Å². The quantitative estimate of drug-likeness (QED) is 0.757. The van der Waals surface area contributed by atoms with Crippen LogP contribution < -0.4 is 9.47 Å². The van der Waals surface area contributed by atoms with Crippen LogP contribution in [0.25, 0.3) is 11.5 Å². The Hall–Kier alpha value is -2.02. The van der Waals surface area contributed by atoms with Gasteiger partial charge in [0.25, 0.3) is 11.1 Å². The molecule has 2 aromatic rings. The van der Waals surface area contributed by atoms with Crippen LogP contribution in [0.1, 0.15) is 6.92 Å². The number of ketones is 1. The second kappa shape index (κ2) is 6.42. The largest absolute Gasteiger partial charge is 0.496 e. The number of Topliss-reactive ketones (excluding diaryl/α,β-unsaturated/α-hetero) is 1. The van der Waals surface area contributed by atoms with Crippen molar-refractivity contribution < 1.29 is 18.7 Å². The molecule has 0 radical (unpaired) electrons. The molecule has 0 saturated heterocycles. The highest BCUT2D eigenvalue weighted by Gasteiger charge is 2.19. The molecular weight excluding hydrogens is 280 g/mol. The molecular formula is C13H14N2O4S. The molecule has 0 aliphatic heterocycles. The number of aromatic nitrogens is 2. The van der Waals surface area contributed by atoms with Crippen LogP contribution in [-0.2, 0) is 4.79 Å². The minimum Gasteiger partial charge on any atom is -0.496 e. The fourth-order valence-electron chi connectivity index (χ4n) is 1.59. The molecule has 0 aliphatic carbocycles. The van der Waals surface area contributed by atoms with Crippen LogP contribution >= 0.6 is 11.8 Å². The zero-order valence-electron chi connectivity index (χ0n) is 11.4. The lowest BCUT2D eigenvalue weighted by molar-refractivity contribution is -0.114. The van der Waals surface area contributed by atoms with E-state index in [9.17, 15) is 4.79 Å². The Morgan fingerprint density at radius 2 is 1.90 bits per heavy atom. The average Bonchev–Trinajstić information content (AvgIpc) is 2.92. The Balaban J connectivity index is 2.34. The fourth-order valence-corrected chi connectivity index (χ4v) is 2.16. The van der Waals surface area contributed by atoms with E-state index < -0.39 is 0 Å². The summed E-state index contributed by atoms with van der Waals surface area (Å²) in [4.78, 5) is 10.9. The normalized spacial score (nSPS) is 10.3. The van der Waals surface area contributed by atoms with Gasteiger partial charge in [-0.05, 0) is 19.1 Å². The molecule has 106 valence electrons. The Kier molecular flexibility index (Phi) is 4.62. The third-order valence-electron chi connectivity index (χ3n) is 2.45. The molecule has 0 spiro atoms. The van der Waals surface area contributed by atoms with Gasteiger partial charge in [0.15, 0.2) is 0 Å². The lowest BCUT2D eigenvalue weighted by atomic mass is 10.2. The number of benzene rings is 1. The molecule has 20 heavy (non-hydrogen) atoms. The van der Waals surface area contributed by atoms with Crippen molar-refractivity contribution in [3.63, 3.8) is 0 Å². The van der Waals surface area contributed by atoms with Gasteiger partial charge < -0.3 is 13.9 Å². The highest BCUT2D eigenvalue weighted by molar-refractivity contribution is 7.99. The van der Waals surface area contributed by atoms with Gasteiger partial charge in [-0.15, -0.1) is 10.2 Å². The van der Waals surface area contributed by atoms with E-state index in [0.29, 0.717) is 33.9 Å². The number of methoxy groups -OCH3 is 2. The van der Waals surface area contributed by atoms with E-state index in [0.717, 1.165) is 0 Å². The van der Waals surface area contributed by atoms with Gasteiger partial charge in [0, 0.05) is 0 Å². The van der Waals surface area contributed by atoms with Crippen LogP contribution in [-0.4, -0.2) is 36.0 Å². The number of rotatable bonds is 6. The summed E-state index contributed by atoms with van der Waals surface area (Å²) in [5.41, 5.74) is 0.597. The average molecular weight is 294 g/mol. The molecule has 1 heterocycles. The van der Waals surface area contributed by atoms with Gasteiger partial charge in [0.05, 0.1) is 20.0 Å². The first-order valence-electron chi connectivity index (χ1n) is 5.82. The van der Waals surface area contributed by atoms with Crippen molar-refractivity contribution in [3.8, 4) is 23.0 Å². The first kappa shape index (κ1) is 14.4. The Labute approximate surface area is 120 Å². The maximum atomic E-state index is 10.9. The smallest absolute Gasteiger partial charge is 0.277 e. The van der Waals surface area contributed by atoms with Crippen LogP contribution in [0.2, 0.25) is 0 Å². The predicted octanol–water partition coefficient (Wildman–Crippen LogP) is 2.43. The van der Waals surface area contributed by atoms with Crippen molar-refractivity contribution in [2.75, 3.05) is 20.0 Å². The van der Waals surface area contributed by atoms with E-state index in [-0.39, 0.29) is 5.78 Å². The summed E-state index contributed by atoms with van der Waals surface area (Å²) < 4.78 is 16.1. The molecule has 0 unspecified atom stereocenters. The van der Waals surface area contributed by atoms with Gasteiger partial charge >= 0.3 is 0 Å². The minimum atomic E-state index is 0.0459. The van der Waals surface area contributed by atoms with E-state index in [1.165, 1.54) is 18.7 Å². The lowest BCUT2D eigenvalue weighted by Crippen LogP contribution is -1.93. The Bertz CT molecular complexity index is 590. The maximum Gasteiger partial charge on any atom is 0.277 e. The SMILES string of the molecule is COc1cccc(OC)c1-c1nnc(SCC(C)=O)o1. The molecule has 1 aromatic carbocycles. The van der Waals surface area contributed by atoms with Crippen LogP contribution in [0.15, 0.2) is 27.8 Å². The van der Waals surface area contributed by atoms with Crippen molar-refractivity contribution >= 4 is 17.5 Å². The first-order chi connectivity index (χ1) is 9.65. The summed E-state index contributed by atoms with van der Waals surface area (Å²) in [7, 11) is 3.11. The summed E-state index contributed by atoms with van der Waals surface area (Å²) in [5, 5.41) is 8.21. The second-order valence-electron chi connectivity index (χ2n) is 3.90. The van der Waals surface area contributed by atoms with E-state index in [1.54, 1.807) is 26.4 Å². The van der Waals surface area contributed by atoms with Crippen LogP contribution in [0.5, 0.6) is 11.5 Å². The Morgan fingerprint density at radius 1 is 1.25 bits per heavy atom. The maximum absolute atomic E-state index is 10.9. The van der Waals surface area contributed by atoms with E-state index in [2.05, 4.69) is 10.2 Å². The molecule has 6 nitrogen and oxygen atoms in total. The van der Waals surface area contributed by atoms with E-state index in [4.69, 9.17) is 13.9 Å². The molecule has 0 N–H and O–H groups in total. The van der Waals surface area contributed by atoms with Crippen molar-refractivity contribution in [3.05, 3.63) is 18.2 Å². The third-order valence-corrected chi connectivity index (χ3v) is 3.41. The molecule has 0 amide bonds. The van der Waals surface area contributed by atoms with Gasteiger partial charge in [0.1, 0.15) is 22.8 Å². The molecule has 2 rings (SSSR count). The van der Waals surface area contributed by atoms with Gasteiger partial charge in [-0.3, -0.25) is 4.79 Å². The summed E-state index contributed by atoms with van der Waals surface area (Å²) in [6.45, 7) is 1.51. The summed E-state index contributed by atoms with van der Waals surface area (Å²) >= 11 is 1.20. The number of ether oxygens (including phenoxy) is 2. The monoisotopic (exact) mass is 294 g/mol. The number of thioether (sulfide) groups is 1. The number of carbonyl (C=O) groups is 1. The van der Waals surface area contributed by atoms with Gasteiger partial charge in [-0.25, -0.2) is 0 Å². The van der Waals surface area contributed by atoms with Crippen molar-refractivity contribution in [2.45, 2.75) is 12.1 Å². The van der Waals surface area contributed by atoms with Crippen LogP contribution in [0.4, 0.5) is 0 Å². The fraction of sp³-hybridized carbons (Fsp3) is 0.308. The van der Waals surface area contributed by atoms with Crippen molar-refractivity contribution in [1.82, 2.24) is 10.2 Å². The molecule has 7 heteroatoms. The highest BCUT2D eigenvalue weighted by atomic mass is 32.2. The highest BCUT2D eigenvalue weighted by Crippen LogP contribution is 2.38. The standard InChI is InChI=1S/C13H14N2O4S/c1-8(16)7-20-13-15-14-12(19-13)11-9(17-2)5-4-6-10(11)18-3/h4-6H,7H2,1-3H3. The first-order valence-corrected chi connectivity index (χ1v) is 6.81. The van der Waals surface area contributed by atoms with Crippen molar-refractivity contribution in [1.29, 1.82) is 0 Å². The predicted molar refractivity (Wildman–Crippen MR) is 74.2 cm³/mol. The zero-order chi connectivity index (χ0) is 14.5. The van der Waals surface area contributed by atoms with Gasteiger partial charge in [0.2, 0.25) is 0 Å². The van der Waals surface area contributed by atoms with Crippen molar-refractivity contribution in [2.24, 2.45) is 0 Å². The third kappa shape index (κ3) is 3.11. The summed E-state index contributed by atoms with van der Waals surface area (Å²) in [5.74, 6) is 1.80. The lowest BCUT2D eigenvalue weighted by Gasteiger charge is -2.09. The number of carbonyl (C=O) groups excluding carboxylic acids is 1. The second-order valence-corrected chi connectivity index (χ2v) is 4.83. The number of hydrogen-bond donors (Lipinski definition) is 0. The van der Waals surface area contributed by atoms with Gasteiger partial charge in [-0.1, -0.05) is 17.8 Å². The zero-order valence-corrected chi connectivity index (χ0v) is 12.2.